The third-order valence-corrected chi connectivity index (χ3v) is 4.12. The summed E-state index contributed by atoms with van der Waals surface area (Å²) in [4.78, 5) is 0. The molecule has 3 rings (SSSR count). The summed E-state index contributed by atoms with van der Waals surface area (Å²) < 4.78 is 5.52. The predicted octanol–water partition coefficient (Wildman–Crippen LogP) is 2.75. The van der Waals surface area contributed by atoms with Crippen LogP contribution in [0.1, 0.15) is 42.5 Å². The second-order valence-electron chi connectivity index (χ2n) is 5.80. The van der Waals surface area contributed by atoms with Crippen LogP contribution in [0.2, 0.25) is 0 Å². The van der Waals surface area contributed by atoms with Crippen molar-refractivity contribution in [3.63, 3.8) is 0 Å². The van der Waals surface area contributed by atoms with Gasteiger partial charge in [-0.1, -0.05) is 23.8 Å². The predicted molar refractivity (Wildman–Crippen MR) is 69.2 cm³/mol. The summed E-state index contributed by atoms with van der Waals surface area (Å²) >= 11 is 0. The number of benzene rings is 1. The summed E-state index contributed by atoms with van der Waals surface area (Å²) in [5, 5.41) is 3.81. The second kappa shape index (κ2) is 4.11. The zero-order valence-corrected chi connectivity index (χ0v) is 10.8. The molecular formula is C15H21NO. The fraction of sp³-hybridized carbons (Fsp3) is 0.600. The van der Waals surface area contributed by atoms with E-state index in [0.717, 1.165) is 19.6 Å². The number of nitrogens with one attached hydrogen (secondary N) is 1. The Morgan fingerprint density at radius 2 is 2.29 bits per heavy atom. The molecule has 1 heterocycles. The first kappa shape index (κ1) is 11.2. The van der Waals surface area contributed by atoms with Crippen LogP contribution in [0.15, 0.2) is 18.2 Å². The maximum atomic E-state index is 5.52. The van der Waals surface area contributed by atoms with Gasteiger partial charge >= 0.3 is 0 Å². The highest BCUT2D eigenvalue weighted by molar-refractivity contribution is 5.37. The summed E-state index contributed by atoms with van der Waals surface area (Å²) in [6.45, 7) is 6.21. The van der Waals surface area contributed by atoms with Crippen LogP contribution < -0.4 is 5.32 Å². The summed E-state index contributed by atoms with van der Waals surface area (Å²) in [6.07, 6.45) is 3.57. The Balaban J connectivity index is 1.81. The normalized spacial score (nSPS) is 31.8. The van der Waals surface area contributed by atoms with Crippen molar-refractivity contribution in [2.24, 2.45) is 0 Å². The summed E-state index contributed by atoms with van der Waals surface area (Å²) in [5.41, 5.74) is 4.58. The molecule has 1 aliphatic carbocycles. The summed E-state index contributed by atoms with van der Waals surface area (Å²) in [7, 11) is 0. The van der Waals surface area contributed by atoms with Crippen molar-refractivity contribution in [2.75, 3.05) is 13.2 Å². The summed E-state index contributed by atoms with van der Waals surface area (Å²) in [6, 6.07) is 7.39. The van der Waals surface area contributed by atoms with Crippen LogP contribution in [0.5, 0.6) is 0 Å². The third kappa shape index (κ3) is 2.12. The van der Waals surface area contributed by atoms with E-state index in [4.69, 9.17) is 4.74 Å². The van der Waals surface area contributed by atoms with E-state index in [1.54, 1.807) is 0 Å². The first-order valence-electron chi connectivity index (χ1n) is 6.61. The van der Waals surface area contributed by atoms with Crippen molar-refractivity contribution in [2.45, 2.75) is 44.7 Å². The van der Waals surface area contributed by atoms with Crippen LogP contribution in [0.4, 0.5) is 0 Å². The lowest BCUT2D eigenvalue weighted by molar-refractivity contribution is 0.166. The lowest BCUT2D eigenvalue weighted by Crippen LogP contribution is -2.44. The van der Waals surface area contributed by atoms with E-state index < -0.39 is 0 Å². The molecule has 0 saturated carbocycles. The van der Waals surface area contributed by atoms with Crippen LogP contribution in [0.3, 0.4) is 0 Å². The minimum Gasteiger partial charge on any atom is -0.379 e. The van der Waals surface area contributed by atoms with E-state index in [2.05, 4.69) is 37.4 Å². The van der Waals surface area contributed by atoms with Gasteiger partial charge in [-0.05, 0) is 44.2 Å². The highest BCUT2D eigenvalue weighted by Gasteiger charge is 2.34. The molecule has 1 saturated heterocycles. The van der Waals surface area contributed by atoms with Crippen molar-refractivity contribution in [1.82, 2.24) is 5.32 Å². The molecule has 0 radical (unpaired) electrons. The van der Waals surface area contributed by atoms with Crippen LogP contribution >= 0.6 is 0 Å². The van der Waals surface area contributed by atoms with Gasteiger partial charge in [0, 0.05) is 18.2 Å². The van der Waals surface area contributed by atoms with E-state index >= 15 is 0 Å². The van der Waals surface area contributed by atoms with Gasteiger partial charge in [-0.15, -0.1) is 0 Å². The maximum Gasteiger partial charge on any atom is 0.0646 e. The topological polar surface area (TPSA) is 21.3 Å². The highest BCUT2D eigenvalue weighted by atomic mass is 16.5. The Morgan fingerprint density at radius 3 is 3.06 bits per heavy atom. The molecule has 1 N–H and O–H groups in total. The monoisotopic (exact) mass is 231 g/mol. The van der Waals surface area contributed by atoms with E-state index in [1.165, 1.54) is 29.5 Å². The van der Waals surface area contributed by atoms with Gasteiger partial charge in [-0.2, -0.15) is 0 Å². The third-order valence-electron chi connectivity index (χ3n) is 4.12. The molecule has 2 aliphatic rings. The van der Waals surface area contributed by atoms with Gasteiger partial charge in [0.05, 0.1) is 6.61 Å². The Bertz CT molecular complexity index is 421. The van der Waals surface area contributed by atoms with Gasteiger partial charge in [0.1, 0.15) is 0 Å². The van der Waals surface area contributed by atoms with Gasteiger partial charge < -0.3 is 10.1 Å². The molecule has 1 aromatic rings. The van der Waals surface area contributed by atoms with Gasteiger partial charge in [0.15, 0.2) is 0 Å². The molecule has 2 nitrogen and oxygen atoms in total. The van der Waals surface area contributed by atoms with Crippen molar-refractivity contribution in [3.8, 4) is 0 Å². The van der Waals surface area contributed by atoms with Crippen molar-refractivity contribution in [1.29, 1.82) is 0 Å². The summed E-state index contributed by atoms with van der Waals surface area (Å²) in [5.74, 6) is 0. The molecule has 1 fully saturated rings. The molecule has 0 spiro atoms. The lowest BCUT2D eigenvalue weighted by Gasteiger charge is -2.28. The lowest BCUT2D eigenvalue weighted by atomic mass is 9.97. The zero-order valence-electron chi connectivity index (χ0n) is 10.8. The molecule has 92 valence electrons. The molecule has 0 aromatic heterocycles. The Labute approximate surface area is 103 Å². The fourth-order valence-electron chi connectivity index (χ4n) is 3.07. The standard InChI is InChI=1S/C15H21NO/c1-11-3-4-12-5-6-14(13(12)9-11)16-15(2)7-8-17-10-15/h3-4,9,14,16H,5-8,10H2,1-2H3/t14-,15+/m0/s1. The van der Waals surface area contributed by atoms with Crippen LogP contribution in [-0.4, -0.2) is 18.8 Å². The average molecular weight is 231 g/mol. The van der Waals surface area contributed by atoms with Gasteiger partial charge in [-0.25, -0.2) is 0 Å². The first-order valence-corrected chi connectivity index (χ1v) is 6.61. The number of hydrogen-bond acceptors (Lipinski definition) is 2. The highest BCUT2D eigenvalue weighted by Crippen LogP contribution is 2.34. The molecule has 0 amide bonds. The largest absolute Gasteiger partial charge is 0.379 e. The minimum absolute atomic E-state index is 0.177. The number of ether oxygens (including phenoxy) is 1. The van der Waals surface area contributed by atoms with Crippen LogP contribution in [0.25, 0.3) is 0 Å². The molecule has 2 atom stereocenters. The van der Waals surface area contributed by atoms with E-state index in [0.29, 0.717) is 6.04 Å². The molecular weight excluding hydrogens is 210 g/mol. The number of hydrogen-bond donors (Lipinski definition) is 1. The van der Waals surface area contributed by atoms with Crippen LogP contribution in [-0.2, 0) is 11.2 Å². The average Bonchev–Trinajstić information content (AvgIpc) is 2.87. The SMILES string of the molecule is Cc1ccc2c(c1)[C@@H](N[C@]1(C)CCOC1)CC2. The van der Waals surface area contributed by atoms with Crippen molar-refractivity contribution >= 4 is 0 Å². The molecule has 17 heavy (non-hydrogen) atoms. The Hall–Kier alpha value is -0.860. The number of fused-ring (bicyclic) bond motifs is 1. The fourth-order valence-corrected chi connectivity index (χ4v) is 3.07. The van der Waals surface area contributed by atoms with E-state index in [9.17, 15) is 0 Å². The second-order valence-corrected chi connectivity index (χ2v) is 5.80. The van der Waals surface area contributed by atoms with Gasteiger partial charge in [-0.3, -0.25) is 0 Å². The van der Waals surface area contributed by atoms with Crippen molar-refractivity contribution in [3.05, 3.63) is 34.9 Å². The maximum absolute atomic E-state index is 5.52. The Kier molecular flexibility index (Phi) is 2.72. The van der Waals surface area contributed by atoms with Crippen LogP contribution in [0, 0.1) is 6.92 Å². The smallest absolute Gasteiger partial charge is 0.0646 e. The molecule has 0 unspecified atom stereocenters. The molecule has 1 aliphatic heterocycles. The molecule has 2 heteroatoms. The number of aryl methyl sites for hydroxylation is 2. The number of rotatable bonds is 2. The zero-order chi connectivity index (χ0) is 11.9. The molecule has 1 aromatic carbocycles. The van der Waals surface area contributed by atoms with Crippen molar-refractivity contribution < 1.29 is 4.74 Å². The van der Waals surface area contributed by atoms with E-state index in [-0.39, 0.29) is 5.54 Å². The van der Waals surface area contributed by atoms with E-state index in [1.807, 2.05) is 0 Å². The molecule has 0 bridgehead atoms. The first-order chi connectivity index (χ1) is 8.16. The quantitative estimate of drug-likeness (QED) is 0.845. The van der Waals surface area contributed by atoms with Gasteiger partial charge in [0.25, 0.3) is 0 Å². The Morgan fingerprint density at radius 1 is 1.41 bits per heavy atom. The minimum atomic E-state index is 0.177. The van der Waals surface area contributed by atoms with Gasteiger partial charge in [0.2, 0.25) is 0 Å².